The summed E-state index contributed by atoms with van der Waals surface area (Å²) < 4.78 is 0. The molecule has 1 nitrogen and oxygen atoms in total. The molecule has 0 saturated carbocycles. The van der Waals surface area contributed by atoms with Gasteiger partial charge in [-0.1, -0.05) is 160 Å². The van der Waals surface area contributed by atoms with E-state index in [1.54, 1.807) is 0 Å². The molecule has 0 aliphatic heterocycles. The van der Waals surface area contributed by atoms with Crippen molar-refractivity contribution in [1.82, 2.24) is 0 Å². The van der Waals surface area contributed by atoms with Crippen molar-refractivity contribution in [2.45, 2.75) is 142 Å². The maximum atomic E-state index is 6.54. The summed E-state index contributed by atoms with van der Waals surface area (Å²) in [4.78, 5) is 0. The maximum absolute atomic E-state index is 6.54. The van der Waals surface area contributed by atoms with Crippen molar-refractivity contribution >= 4 is 17.0 Å². The van der Waals surface area contributed by atoms with E-state index in [-0.39, 0.29) is 28.4 Å². The number of benzene rings is 1. The second kappa shape index (κ2) is 20.3. The molecular weight excluding hydrogens is 442 g/mol. The molecular formula is C29H54BrN. The summed E-state index contributed by atoms with van der Waals surface area (Å²) in [5.41, 5.74) is 7.99. The van der Waals surface area contributed by atoms with Gasteiger partial charge in [-0.3, -0.25) is 0 Å². The first-order valence-electron chi connectivity index (χ1n) is 13.4. The quantitative estimate of drug-likeness (QED) is 0.179. The lowest BCUT2D eigenvalue weighted by Gasteiger charge is -2.32. The lowest BCUT2D eigenvalue weighted by Crippen LogP contribution is -2.29. The Balaban J connectivity index is 0.00000900. The van der Waals surface area contributed by atoms with Crippen LogP contribution in [-0.4, -0.2) is 0 Å². The molecule has 31 heavy (non-hydrogen) atoms. The summed E-state index contributed by atoms with van der Waals surface area (Å²) in [6.07, 6.45) is 25.6. The van der Waals surface area contributed by atoms with Crippen LogP contribution in [0.25, 0.3) is 0 Å². The Morgan fingerprint density at radius 1 is 0.613 bits per heavy atom. The van der Waals surface area contributed by atoms with Crippen LogP contribution in [0.2, 0.25) is 0 Å². The van der Waals surface area contributed by atoms with Crippen LogP contribution in [0.15, 0.2) is 30.3 Å². The second-order valence-corrected chi connectivity index (χ2v) is 10.3. The summed E-state index contributed by atoms with van der Waals surface area (Å²) in [5.74, 6) is 0. The average molecular weight is 497 g/mol. The van der Waals surface area contributed by atoms with Crippen molar-refractivity contribution in [2.24, 2.45) is 11.1 Å². The molecule has 0 saturated heterocycles. The molecule has 1 unspecified atom stereocenters. The number of hydrogen-bond acceptors (Lipinski definition) is 1. The number of rotatable bonds is 20. The normalized spacial score (nSPS) is 12.5. The van der Waals surface area contributed by atoms with Gasteiger partial charge in [-0.15, -0.1) is 17.0 Å². The highest BCUT2D eigenvalue weighted by Gasteiger charge is 2.26. The highest BCUT2D eigenvalue weighted by atomic mass is 79.9. The fourth-order valence-electron chi connectivity index (χ4n) is 4.57. The smallest absolute Gasteiger partial charge is 0.0346 e. The van der Waals surface area contributed by atoms with Gasteiger partial charge in [0.2, 0.25) is 0 Å². The van der Waals surface area contributed by atoms with Crippen LogP contribution in [0.3, 0.4) is 0 Å². The fraction of sp³-hybridized carbons (Fsp3) is 0.793. The highest BCUT2D eigenvalue weighted by molar-refractivity contribution is 8.93. The van der Waals surface area contributed by atoms with Crippen molar-refractivity contribution < 1.29 is 0 Å². The van der Waals surface area contributed by atoms with E-state index < -0.39 is 0 Å². The lowest BCUT2D eigenvalue weighted by atomic mass is 9.77. The molecule has 1 aromatic carbocycles. The average Bonchev–Trinajstić information content (AvgIpc) is 2.76. The van der Waals surface area contributed by atoms with Crippen LogP contribution in [0, 0.1) is 5.41 Å². The van der Waals surface area contributed by atoms with Crippen LogP contribution in [-0.2, 0) is 0 Å². The van der Waals surface area contributed by atoms with E-state index in [0.717, 1.165) is 0 Å². The van der Waals surface area contributed by atoms with Gasteiger partial charge in [0.05, 0.1) is 0 Å². The fourth-order valence-corrected chi connectivity index (χ4v) is 4.57. The van der Waals surface area contributed by atoms with E-state index in [9.17, 15) is 0 Å². The molecule has 0 bridgehead atoms. The summed E-state index contributed by atoms with van der Waals surface area (Å²) in [6, 6.07) is 10.7. The summed E-state index contributed by atoms with van der Waals surface area (Å²) >= 11 is 0. The molecule has 2 heteroatoms. The lowest BCUT2D eigenvalue weighted by molar-refractivity contribution is 0.255. The Morgan fingerprint density at radius 2 is 0.968 bits per heavy atom. The van der Waals surface area contributed by atoms with E-state index in [2.05, 4.69) is 51.1 Å². The molecule has 2 N–H and O–H groups in total. The SMILES string of the molecule is Br.CCCCCCCCCCCCCCCCCCCC(C)(C)C(N)c1ccccc1. The minimum absolute atomic E-state index is 0. The predicted molar refractivity (Wildman–Crippen MR) is 146 cm³/mol. The Labute approximate surface area is 206 Å². The summed E-state index contributed by atoms with van der Waals surface area (Å²) in [6.45, 7) is 6.96. The first-order valence-corrected chi connectivity index (χ1v) is 13.4. The van der Waals surface area contributed by atoms with Crippen molar-refractivity contribution in [3.05, 3.63) is 35.9 Å². The zero-order valence-corrected chi connectivity index (χ0v) is 22.9. The van der Waals surface area contributed by atoms with Gasteiger partial charge in [0, 0.05) is 6.04 Å². The van der Waals surface area contributed by atoms with Crippen LogP contribution < -0.4 is 5.73 Å². The third-order valence-electron chi connectivity index (χ3n) is 6.93. The van der Waals surface area contributed by atoms with Crippen molar-refractivity contribution in [3.8, 4) is 0 Å². The van der Waals surface area contributed by atoms with E-state index in [1.165, 1.54) is 121 Å². The minimum Gasteiger partial charge on any atom is -0.324 e. The Bertz CT molecular complexity index is 485. The number of nitrogens with two attached hydrogens (primary N) is 1. The van der Waals surface area contributed by atoms with Gasteiger partial charge in [0.15, 0.2) is 0 Å². The number of hydrogen-bond donors (Lipinski definition) is 1. The molecule has 0 spiro atoms. The molecule has 1 rings (SSSR count). The molecule has 0 heterocycles. The topological polar surface area (TPSA) is 26.0 Å². The molecule has 0 aromatic heterocycles. The molecule has 0 aliphatic rings. The maximum Gasteiger partial charge on any atom is 0.0346 e. The molecule has 0 radical (unpaired) electrons. The van der Waals surface area contributed by atoms with Gasteiger partial charge in [-0.05, 0) is 17.4 Å². The van der Waals surface area contributed by atoms with Gasteiger partial charge >= 0.3 is 0 Å². The summed E-state index contributed by atoms with van der Waals surface area (Å²) in [5, 5.41) is 0. The minimum atomic E-state index is 0. The predicted octanol–water partition coefficient (Wildman–Crippen LogP) is 10.3. The van der Waals surface area contributed by atoms with Crippen molar-refractivity contribution in [1.29, 1.82) is 0 Å². The molecule has 1 atom stereocenters. The molecule has 0 aliphatic carbocycles. The summed E-state index contributed by atoms with van der Waals surface area (Å²) in [7, 11) is 0. The Hall–Kier alpha value is -0.340. The van der Waals surface area contributed by atoms with Crippen LogP contribution in [0.1, 0.15) is 148 Å². The monoisotopic (exact) mass is 495 g/mol. The van der Waals surface area contributed by atoms with Crippen molar-refractivity contribution in [3.63, 3.8) is 0 Å². The third kappa shape index (κ3) is 16.0. The van der Waals surface area contributed by atoms with Gasteiger partial charge in [-0.25, -0.2) is 0 Å². The molecule has 0 fully saturated rings. The highest BCUT2D eigenvalue weighted by Crippen LogP contribution is 2.36. The van der Waals surface area contributed by atoms with E-state index in [0.29, 0.717) is 0 Å². The van der Waals surface area contributed by atoms with Crippen LogP contribution in [0.4, 0.5) is 0 Å². The van der Waals surface area contributed by atoms with Gasteiger partial charge in [-0.2, -0.15) is 0 Å². The van der Waals surface area contributed by atoms with Gasteiger partial charge in [0.25, 0.3) is 0 Å². The zero-order chi connectivity index (χ0) is 21.9. The zero-order valence-electron chi connectivity index (χ0n) is 21.2. The molecule has 1 aromatic rings. The van der Waals surface area contributed by atoms with Crippen LogP contribution in [0.5, 0.6) is 0 Å². The van der Waals surface area contributed by atoms with E-state index >= 15 is 0 Å². The van der Waals surface area contributed by atoms with Gasteiger partial charge < -0.3 is 5.73 Å². The first kappa shape index (κ1) is 30.7. The standard InChI is InChI=1S/C29H53N.BrH/c1-4-5-6-7-8-9-10-11-12-13-14-15-16-17-18-19-23-26-29(2,3)28(30)27-24-21-20-22-25-27;/h20-22,24-25,28H,4-19,23,26,30H2,1-3H3;1H. The molecule has 0 amide bonds. The Morgan fingerprint density at radius 3 is 1.35 bits per heavy atom. The Kier molecular flexibility index (Phi) is 20.1. The van der Waals surface area contributed by atoms with E-state index in [4.69, 9.17) is 5.73 Å². The molecule has 182 valence electrons. The second-order valence-electron chi connectivity index (χ2n) is 10.3. The third-order valence-corrected chi connectivity index (χ3v) is 6.93. The largest absolute Gasteiger partial charge is 0.324 e. The van der Waals surface area contributed by atoms with Gasteiger partial charge in [0.1, 0.15) is 0 Å². The van der Waals surface area contributed by atoms with Crippen molar-refractivity contribution in [2.75, 3.05) is 0 Å². The first-order chi connectivity index (χ1) is 14.6. The van der Waals surface area contributed by atoms with E-state index in [1.807, 2.05) is 0 Å². The van der Waals surface area contributed by atoms with Crippen LogP contribution >= 0.6 is 17.0 Å². The number of unbranched alkanes of at least 4 members (excludes halogenated alkanes) is 16. The number of halogens is 1.